The van der Waals surface area contributed by atoms with Crippen LogP contribution in [0.2, 0.25) is 5.02 Å². The first kappa shape index (κ1) is 12.6. The van der Waals surface area contributed by atoms with Gasteiger partial charge in [-0.1, -0.05) is 17.7 Å². The van der Waals surface area contributed by atoms with Crippen LogP contribution in [0.3, 0.4) is 0 Å². The largest absolute Gasteiger partial charge is 0.439 e. The molecule has 2 rings (SSSR count). The molecule has 88 valence electrons. The summed E-state index contributed by atoms with van der Waals surface area (Å²) in [5.41, 5.74) is 6.39. The van der Waals surface area contributed by atoms with Gasteiger partial charge in [-0.3, -0.25) is 0 Å². The molecule has 5 heteroatoms. The van der Waals surface area contributed by atoms with Crippen molar-refractivity contribution >= 4 is 34.2 Å². The summed E-state index contributed by atoms with van der Waals surface area (Å²) in [5.74, 6) is 1.24. The van der Waals surface area contributed by atoms with Crippen LogP contribution in [-0.4, -0.2) is 4.98 Å². The number of pyridine rings is 1. The molecule has 1 aromatic heterocycles. The molecule has 0 aliphatic heterocycles. The third-order valence-electron chi connectivity index (χ3n) is 2.15. The van der Waals surface area contributed by atoms with E-state index in [1.54, 1.807) is 12.3 Å². The summed E-state index contributed by atoms with van der Waals surface area (Å²) < 4.78 is 6.73. The Kier molecular flexibility index (Phi) is 4.20. The first-order valence-corrected chi connectivity index (χ1v) is 6.42. The molecule has 2 aromatic rings. The van der Waals surface area contributed by atoms with Crippen LogP contribution in [-0.2, 0) is 6.54 Å². The van der Waals surface area contributed by atoms with E-state index >= 15 is 0 Å². The van der Waals surface area contributed by atoms with Gasteiger partial charge < -0.3 is 10.5 Å². The molecule has 0 fully saturated rings. The Labute approximate surface area is 118 Å². The van der Waals surface area contributed by atoms with E-state index in [0.717, 1.165) is 14.9 Å². The Morgan fingerprint density at radius 2 is 2.18 bits per heavy atom. The molecular weight excluding hydrogens is 351 g/mol. The second-order valence-corrected chi connectivity index (χ2v) is 5.03. The van der Waals surface area contributed by atoms with E-state index in [0.29, 0.717) is 17.4 Å². The van der Waals surface area contributed by atoms with Crippen molar-refractivity contribution in [2.75, 3.05) is 0 Å². The maximum atomic E-state index is 5.93. The minimum atomic E-state index is 0.365. The van der Waals surface area contributed by atoms with Crippen molar-refractivity contribution in [2.24, 2.45) is 5.73 Å². The minimum absolute atomic E-state index is 0.365. The molecule has 0 aliphatic carbocycles. The fraction of sp³-hybridized carbons (Fsp3) is 0.0833. The van der Waals surface area contributed by atoms with Gasteiger partial charge in [0.15, 0.2) is 0 Å². The van der Waals surface area contributed by atoms with Crippen molar-refractivity contribution < 1.29 is 4.74 Å². The van der Waals surface area contributed by atoms with Gasteiger partial charge in [0, 0.05) is 22.4 Å². The minimum Gasteiger partial charge on any atom is -0.439 e. The molecule has 0 spiro atoms. The Morgan fingerprint density at radius 3 is 2.88 bits per heavy atom. The van der Waals surface area contributed by atoms with E-state index in [1.165, 1.54) is 0 Å². The van der Waals surface area contributed by atoms with E-state index in [1.807, 2.05) is 24.3 Å². The van der Waals surface area contributed by atoms with Crippen LogP contribution >= 0.6 is 34.2 Å². The first-order chi connectivity index (χ1) is 8.19. The van der Waals surface area contributed by atoms with E-state index in [4.69, 9.17) is 22.1 Å². The number of hydrogen-bond acceptors (Lipinski definition) is 3. The first-order valence-electron chi connectivity index (χ1n) is 4.97. The van der Waals surface area contributed by atoms with Gasteiger partial charge in [0.25, 0.3) is 0 Å². The second kappa shape index (κ2) is 5.66. The van der Waals surface area contributed by atoms with Crippen molar-refractivity contribution in [3.8, 4) is 11.6 Å². The monoisotopic (exact) mass is 360 g/mol. The number of benzene rings is 1. The standard InChI is InChI=1S/C12H10ClIN2O/c13-11-7-16-12(4-8(11)6-15)17-10-3-1-2-9(14)5-10/h1-5,7H,6,15H2. The topological polar surface area (TPSA) is 48.1 Å². The average Bonchev–Trinajstić information content (AvgIpc) is 2.32. The lowest BCUT2D eigenvalue weighted by atomic mass is 10.2. The Balaban J connectivity index is 2.24. The van der Waals surface area contributed by atoms with E-state index < -0.39 is 0 Å². The molecule has 0 atom stereocenters. The zero-order valence-electron chi connectivity index (χ0n) is 8.86. The van der Waals surface area contributed by atoms with E-state index in [2.05, 4.69) is 27.6 Å². The zero-order valence-corrected chi connectivity index (χ0v) is 11.8. The van der Waals surface area contributed by atoms with Gasteiger partial charge in [-0.15, -0.1) is 0 Å². The molecule has 0 aliphatic rings. The molecule has 1 heterocycles. The molecule has 0 radical (unpaired) electrons. The van der Waals surface area contributed by atoms with Gasteiger partial charge in [0.1, 0.15) is 5.75 Å². The molecule has 0 saturated heterocycles. The van der Waals surface area contributed by atoms with Crippen LogP contribution in [0.15, 0.2) is 36.5 Å². The number of hydrogen-bond donors (Lipinski definition) is 1. The molecule has 17 heavy (non-hydrogen) atoms. The predicted octanol–water partition coefficient (Wildman–Crippen LogP) is 3.59. The van der Waals surface area contributed by atoms with E-state index in [9.17, 15) is 0 Å². The smallest absolute Gasteiger partial charge is 0.219 e. The Bertz CT molecular complexity index is 534. The van der Waals surface area contributed by atoms with Crippen LogP contribution < -0.4 is 10.5 Å². The summed E-state index contributed by atoms with van der Waals surface area (Å²) in [4.78, 5) is 4.10. The van der Waals surface area contributed by atoms with E-state index in [-0.39, 0.29) is 0 Å². The van der Waals surface area contributed by atoms with Gasteiger partial charge in [-0.25, -0.2) is 4.98 Å². The van der Waals surface area contributed by atoms with Crippen molar-refractivity contribution in [1.29, 1.82) is 0 Å². The molecule has 1 aromatic carbocycles. The normalized spacial score (nSPS) is 10.3. The summed E-state index contributed by atoms with van der Waals surface area (Å²) in [5, 5.41) is 0.558. The lowest BCUT2D eigenvalue weighted by Crippen LogP contribution is -1.99. The Hall–Kier alpha value is -0.850. The zero-order chi connectivity index (χ0) is 12.3. The van der Waals surface area contributed by atoms with Gasteiger partial charge >= 0.3 is 0 Å². The van der Waals surface area contributed by atoms with Crippen LogP contribution in [0.4, 0.5) is 0 Å². The summed E-state index contributed by atoms with van der Waals surface area (Å²) >= 11 is 8.15. The highest BCUT2D eigenvalue weighted by molar-refractivity contribution is 14.1. The molecule has 0 unspecified atom stereocenters. The van der Waals surface area contributed by atoms with Crippen LogP contribution in [0.25, 0.3) is 0 Å². The number of aromatic nitrogens is 1. The summed E-state index contributed by atoms with van der Waals surface area (Å²) in [6.45, 7) is 0.365. The average molecular weight is 361 g/mol. The molecule has 0 amide bonds. The molecule has 2 N–H and O–H groups in total. The summed E-state index contributed by atoms with van der Waals surface area (Å²) in [6, 6.07) is 9.48. The van der Waals surface area contributed by atoms with Crippen LogP contribution in [0, 0.1) is 3.57 Å². The number of nitrogens with zero attached hydrogens (tertiary/aromatic N) is 1. The van der Waals surface area contributed by atoms with Crippen molar-refractivity contribution in [3.05, 3.63) is 50.7 Å². The van der Waals surface area contributed by atoms with Crippen LogP contribution in [0.5, 0.6) is 11.6 Å². The molecule has 3 nitrogen and oxygen atoms in total. The van der Waals surface area contributed by atoms with Crippen molar-refractivity contribution in [1.82, 2.24) is 4.98 Å². The fourth-order valence-electron chi connectivity index (χ4n) is 1.32. The highest BCUT2D eigenvalue weighted by Gasteiger charge is 2.04. The molecule has 0 saturated carbocycles. The van der Waals surface area contributed by atoms with Gasteiger partial charge in [0.05, 0.1) is 5.02 Å². The number of ether oxygens (including phenoxy) is 1. The third kappa shape index (κ3) is 3.31. The summed E-state index contributed by atoms with van der Waals surface area (Å²) in [7, 11) is 0. The highest BCUT2D eigenvalue weighted by Crippen LogP contribution is 2.24. The second-order valence-electron chi connectivity index (χ2n) is 3.38. The van der Waals surface area contributed by atoms with Crippen molar-refractivity contribution in [2.45, 2.75) is 6.54 Å². The maximum Gasteiger partial charge on any atom is 0.219 e. The highest BCUT2D eigenvalue weighted by atomic mass is 127. The quantitative estimate of drug-likeness (QED) is 0.851. The van der Waals surface area contributed by atoms with Crippen molar-refractivity contribution in [3.63, 3.8) is 0 Å². The van der Waals surface area contributed by atoms with Gasteiger partial charge in [-0.2, -0.15) is 0 Å². The molecular formula is C12H10ClIN2O. The van der Waals surface area contributed by atoms with Gasteiger partial charge in [0.2, 0.25) is 5.88 Å². The molecule has 0 bridgehead atoms. The predicted molar refractivity (Wildman–Crippen MR) is 76.4 cm³/mol. The maximum absolute atomic E-state index is 5.93. The number of nitrogens with two attached hydrogens (primary N) is 1. The fourth-order valence-corrected chi connectivity index (χ4v) is 2.02. The van der Waals surface area contributed by atoms with Gasteiger partial charge in [-0.05, 0) is 46.4 Å². The number of halogens is 2. The summed E-state index contributed by atoms with van der Waals surface area (Å²) in [6.07, 6.45) is 1.55. The van der Waals surface area contributed by atoms with Crippen LogP contribution in [0.1, 0.15) is 5.56 Å². The Morgan fingerprint density at radius 1 is 1.35 bits per heavy atom. The number of rotatable bonds is 3. The lowest BCUT2D eigenvalue weighted by Gasteiger charge is -2.07. The third-order valence-corrected chi connectivity index (χ3v) is 3.16. The lowest BCUT2D eigenvalue weighted by molar-refractivity contribution is 0.462. The SMILES string of the molecule is NCc1cc(Oc2cccc(I)c2)ncc1Cl.